The lowest BCUT2D eigenvalue weighted by molar-refractivity contribution is -0.152. The zero-order valence-corrected chi connectivity index (χ0v) is 14.3. The zero-order valence-electron chi connectivity index (χ0n) is 14.3. The SMILES string of the molecule is CCCOC(=O)[C@H]1[C@H]2C=CC3(CN(c4ccc(OC)cc4)C(=O)[C@@H]13)O2. The second-order valence-corrected chi connectivity index (χ2v) is 6.69. The number of hydrogen-bond donors (Lipinski definition) is 0. The number of amides is 1. The molecule has 1 aromatic rings. The predicted molar refractivity (Wildman–Crippen MR) is 90.3 cm³/mol. The van der Waals surface area contributed by atoms with Crippen molar-refractivity contribution in [3.8, 4) is 5.75 Å². The Morgan fingerprint density at radius 2 is 2.12 bits per heavy atom. The lowest BCUT2D eigenvalue weighted by Gasteiger charge is -2.22. The first kappa shape index (κ1) is 16.1. The Kier molecular flexibility index (Phi) is 3.80. The minimum absolute atomic E-state index is 0.0875. The molecule has 6 heteroatoms. The summed E-state index contributed by atoms with van der Waals surface area (Å²) in [5.41, 5.74) is 0.0492. The van der Waals surface area contributed by atoms with Crippen molar-refractivity contribution in [2.75, 3.05) is 25.2 Å². The van der Waals surface area contributed by atoms with Gasteiger partial charge < -0.3 is 19.1 Å². The van der Waals surface area contributed by atoms with E-state index in [1.165, 1.54) is 0 Å². The molecule has 0 N–H and O–H groups in total. The average molecular weight is 343 g/mol. The second kappa shape index (κ2) is 5.88. The van der Waals surface area contributed by atoms with E-state index in [-0.39, 0.29) is 18.0 Å². The van der Waals surface area contributed by atoms with E-state index in [0.717, 1.165) is 17.9 Å². The predicted octanol–water partition coefficient (Wildman–Crippen LogP) is 1.93. The highest BCUT2D eigenvalue weighted by molar-refractivity contribution is 6.02. The number of carbonyl (C=O) groups excluding carboxylic acids is 2. The number of rotatable bonds is 5. The van der Waals surface area contributed by atoms with Crippen LogP contribution in [0.3, 0.4) is 0 Å². The van der Waals surface area contributed by atoms with Crippen molar-refractivity contribution < 1.29 is 23.8 Å². The lowest BCUT2D eigenvalue weighted by atomic mass is 9.77. The van der Waals surface area contributed by atoms with Gasteiger partial charge in [0.25, 0.3) is 0 Å². The third kappa shape index (κ3) is 2.35. The molecule has 2 fully saturated rings. The minimum atomic E-state index is -0.725. The Labute approximate surface area is 146 Å². The van der Waals surface area contributed by atoms with Crippen LogP contribution in [0.25, 0.3) is 0 Å². The van der Waals surface area contributed by atoms with E-state index in [9.17, 15) is 9.59 Å². The maximum Gasteiger partial charge on any atom is 0.312 e. The Bertz CT molecular complexity index is 728. The molecule has 3 aliphatic rings. The van der Waals surface area contributed by atoms with Crippen LogP contribution in [0.2, 0.25) is 0 Å². The van der Waals surface area contributed by atoms with Crippen molar-refractivity contribution in [1.82, 2.24) is 0 Å². The Balaban J connectivity index is 1.61. The quantitative estimate of drug-likeness (QED) is 0.604. The average Bonchev–Trinajstić information content (AvgIpc) is 3.28. The number of hydrogen-bond acceptors (Lipinski definition) is 5. The molecule has 0 radical (unpaired) electrons. The number of nitrogens with zero attached hydrogens (tertiary/aromatic N) is 1. The molecule has 0 aliphatic carbocycles. The van der Waals surface area contributed by atoms with E-state index in [0.29, 0.717) is 13.2 Å². The molecular weight excluding hydrogens is 322 g/mol. The van der Waals surface area contributed by atoms with Crippen molar-refractivity contribution in [2.45, 2.75) is 25.0 Å². The maximum atomic E-state index is 13.1. The molecule has 1 amide bonds. The molecule has 0 saturated carbocycles. The first-order valence-electron chi connectivity index (χ1n) is 8.59. The summed E-state index contributed by atoms with van der Waals surface area (Å²) in [6.07, 6.45) is 4.21. The van der Waals surface area contributed by atoms with Gasteiger partial charge in [-0.05, 0) is 30.7 Å². The number of fused-ring (bicyclic) bond motifs is 1. The second-order valence-electron chi connectivity index (χ2n) is 6.69. The topological polar surface area (TPSA) is 65.1 Å². The van der Waals surface area contributed by atoms with E-state index in [2.05, 4.69) is 0 Å². The summed E-state index contributed by atoms with van der Waals surface area (Å²) in [5.74, 6) is -0.781. The largest absolute Gasteiger partial charge is 0.497 e. The number of methoxy groups -OCH3 is 1. The molecule has 3 heterocycles. The first-order valence-corrected chi connectivity index (χ1v) is 8.59. The summed E-state index contributed by atoms with van der Waals surface area (Å²) in [5, 5.41) is 0. The highest BCUT2D eigenvalue weighted by Crippen LogP contribution is 2.52. The fourth-order valence-corrected chi connectivity index (χ4v) is 4.05. The number of ether oxygens (including phenoxy) is 3. The molecule has 0 aromatic heterocycles. The van der Waals surface area contributed by atoms with Crippen LogP contribution in [-0.4, -0.2) is 43.8 Å². The number of benzene rings is 1. The van der Waals surface area contributed by atoms with Gasteiger partial charge in [-0.3, -0.25) is 9.59 Å². The van der Waals surface area contributed by atoms with E-state index in [1.807, 2.05) is 43.3 Å². The van der Waals surface area contributed by atoms with Gasteiger partial charge in [-0.15, -0.1) is 0 Å². The van der Waals surface area contributed by atoms with Crippen molar-refractivity contribution in [1.29, 1.82) is 0 Å². The number of anilines is 1. The molecular formula is C19H21NO5. The molecule has 3 aliphatic heterocycles. The molecule has 6 nitrogen and oxygen atoms in total. The van der Waals surface area contributed by atoms with Gasteiger partial charge in [-0.25, -0.2) is 0 Å². The first-order chi connectivity index (χ1) is 12.1. The summed E-state index contributed by atoms with van der Waals surface area (Å²) in [6, 6.07) is 7.31. The van der Waals surface area contributed by atoms with E-state index < -0.39 is 17.4 Å². The van der Waals surface area contributed by atoms with Gasteiger partial charge in [0.1, 0.15) is 17.3 Å². The molecule has 1 aromatic carbocycles. The smallest absolute Gasteiger partial charge is 0.312 e. The van der Waals surface area contributed by atoms with Gasteiger partial charge >= 0.3 is 5.97 Å². The van der Waals surface area contributed by atoms with Gasteiger partial charge in [0.2, 0.25) is 5.91 Å². The van der Waals surface area contributed by atoms with Crippen LogP contribution >= 0.6 is 0 Å². The van der Waals surface area contributed by atoms with E-state index >= 15 is 0 Å². The molecule has 2 bridgehead atoms. The highest BCUT2D eigenvalue weighted by Gasteiger charge is 2.67. The van der Waals surface area contributed by atoms with Crippen molar-refractivity contribution >= 4 is 17.6 Å². The third-order valence-corrected chi connectivity index (χ3v) is 5.21. The van der Waals surface area contributed by atoms with Crippen LogP contribution in [0.15, 0.2) is 36.4 Å². The zero-order chi connectivity index (χ0) is 17.6. The lowest BCUT2D eigenvalue weighted by Crippen LogP contribution is -2.40. The fraction of sp³-hybridized carbons (Fsp3) is 0.474. The van der Waals surface area contributed by atoms with Crippen molar-refractivity contribution in [2.24, 2.45) is 11.8 Å². The molecule has 2 saturated heterocycles. The highest BCUT2D eigenvalue weighted by atomic mass is 16.6. The summed E-state index contributed by atoms with van der Waals surface area (Å²) < 4.78 is 16.5. The Morgan fingerprint density at radius 1 is 1.36 bits per heavy atom. The molecule has 1 unspecified atom stereocenters. The maximum absolute atomic E-state index is 13.1. The number of carbonyl (C=O) groups is 2. The van der Waals surface area contributed by atoms with Crippen molar-refractivity contribution in [3.63, 3.8) is 0 Å². The van der Waals surface area contributed by atoms with Gasteiger partial charge in [-0.2, -0.15) is 0 Å². The van der Waals surface area contributed by atoms with Gasteiger partial charge in [0.05, 0.1) is 32.3 Å². The van der Waals surface area contributed by atoms with E-state index in [1.54, 1.807) is 12.0 Å². The molecule has 132 valence electrons. The van der Waals surface area contributed by atoms with Crippen LogP contribution in [-0.2, 0) is 19.1 Å². The van der Waals surface area contributed by atoms with Crippen LogP contribution in [0.4, 0.5) is 5.69 Å². The standard InChI is InChI=1S/C19H21NO5/c1-3-10-24-18(22)15-14-8-9-19(25-14)11-20(17(21)16(15)19)12-4-6-13(23-2)7-5-12/h4-9,14-16H,3,10-11H2,1-2H3/t14-,15+,16-,19?/m1/s1. The van der Waals surface area contributed by atoms with Gasteiger partial charge in [0, 0.05) is 5.69 Å². The van der Waals surface area contributed by atoms with E-state index in [4.69, 9.17) is 14.2 Å². The van der Waals surface area contributed by atoms with Crippen LogP contribution in [0.1, 0.15) is 13.3 Å². The van der Waals surface area contributed by atoms with Crippen LogP contribution in [0.5, 0.6) is 5.75 Å². The number of esters is 1. The van der Waals surface area contributed by atoms with Gasteiger partial charge in [0.15, 0.2) is 0 Å². The van der Waals surface area contributed by atoms with Crippen LogP contribution < -0.4 is 9.64 Å². The molecule has 25 heavy (non-hydrogen) atoms. The summed E-state index contributed by atoms with van der Waals surface area (Å²) >= 11 is 0. The minimum Gasteiger partial charge on any atom is -0.497 e. The normalized spacial score (nSPS) is 32.2. The fourth-order valence-electron chi connectivity index (χ4n) is 4.05. The monoisotopic (exact) mass is 343 g/mol. The molecule has 4 rings (SSSR count). The summed E-state index contributed by atoms with van der Waals surface area (Å²) in [6.45, 7) is 2.72. The van der Waals surface area contributed by atoms with Crippen molar-refractivity contribution in [3.05, 3.63) is 36.4 Å². The van der Waals surface area contributed by atoms with Crippen LogP contribution in [0, 0.1) is 11.8 Å². The summed E-state index contributed by atoms with van der Waals surface area (Å²) in [7, 11) is 1.60. The summed E-state index contributed by atoms with van der Waals surface area (Å²) in [4.78, 5) is 27.3. The third-order valence-electron chi connectivity index (χ3n) is 5.21. The molecule has 1 spiro atoms. The Hall–Kier alpha value is -2.34. The van der Waals surface area contributed by atoms with Gasteiger partial charge in [-0.1, -0.05) is 19.1 Å². The molecule has 4 atom stereocenters. The Morgan fingerprint density at radius 3 is 2.80 bits per heavy atom.